The first-order valence-electron chi connectivity index (χ1n) is 8.65. The molecule has 2 heterocycles. The standard InChI is InChI=1S/C21H15ClN2O4S/c1-12-3-2-4-14(7-12)24-20(27)16-6-5-13(22)8-17(16)23-21(24)29-11-15-9-18(25)19(26)10-28-15/h2-10,26H,11H2,1H3. The second-order valence-corrected chi connectivity index (χ2v) is 7.80. The predicted octanol–water partition coefficient (Wildman–Crippen LogP) is 4.30. The normalized spacial score (nSPS) is 11.1. The van der Waals surface area contributed by atoms with Gasteiger partial charge in [0.1, 0.15) is 12.0 Å². The molecule has 0 bridgehead atoms. The summed E-state index contributed by atoms with van der Waals surface area (Å²) in [6.07, 6.45) is 0.999. The van der Waals surface area contributed by atoms with Gasteiger partial charge in [-0.2, -0.15) is 0 Å². The van der Waals surface area contributed by atoms with E-state index in [0.717, 1.165) is 11.8 Å². The van der Waals surface area contributed by atoms with Crippen molar-refractivity contribution in [1.29, 1.82) is 0 Å². The molecular formula is C21H15ClN2O4S. The van der Waals surface area contributed by atoms with Crippen molar-refractivity contribution in [3.63, 3.8) is 0 Å². The van der Waals surface area contributed by atoms with Crippen LogP contribution in [0.15, 0.2) is 74.0 Å². The molecule has 0 aliphatic heterocycles. The lowest BCUT2D eigenvalue weighted by molar-refractivity contribution is 0.419. The maximum Gasteiger partial charge on any atom is 0.266 e. The minimum absolute atomic E-state index is 0.216. The zero-order valence-corrected chi connectivity index (χ0v) is 16.8. The predicted molar refractivity (Wildman–Crippen MR) is 113 cm³/mol. The quantitative estimate of drug-likeness (QED) is 0.387. The van der Waals surface area contributed by atoms with E-state index < -0.39 is 11.2 Å². The second-order valence-electron chi connectivity index (χ2n) is 6.42. The first-order valence-corrected chi connectivity index (χ1v) is 10.0. The summed E-state index contributed by atoms with van der Waals surface area (Å²) in [5.41, 5.74) is 1.44. The highest BCUT2D eigenvalue weighted by Gasteiger charge is 2.15. The average molecular weight is 427 g/mol. The number of aryl methyl sites for hydroxylation is 1. The number of halogens is 1. The summed E-state index contributed by atoms with van der Waals surface area (Å²) in [6.45, 7) is 1.95. The van der Waals surface area contributed by atoms with Crippen molar-refractivity contribution >= 4 is 34.3 Å². The van der Waals surface area contributed by atoms with Crippen molar-refractivity contribution in [1.82, 2.24) is 9.55 Å². The Morgan fingerprint density at radius 3 is 2.76 bits per heavy atom. The molecule has 0 radical (unpaired) electrons. The monoisotopic (exact) mass is 426 g/mol. The maximum atomic E-state index is 13.2. The van der Waals surface area contributed by atoms with Gasteiger partial charge in [-0.25, -0.2) is 4.98 Å². The number of hydrogen-bond donors (Lipinski definition) is 1. The van der Waals surface area contributed by atoms with E-state index in [2.05, 4.69) is 4.98 Å². The van der Waals surface area contributed by atoms with Crippen LogP contribution in [0.5, 0.6) is 5.75 Å². The zero-order chi connectivity index (χ0) is 20.5. The molecule has 0 atom stereocenters. The molecule has 6 nitrogen and oxygen atoms in total. The van der Waals surface area contributed by atoms with Gasteiger partial charge in [0.25, 0.3) is 5.56 Å². The number of thioether (sulfide) groups is 1. The van der Waals surface area contributed by atoms with Crippen LogP contribution in [0.4, 0.5) is 0 Å². The minimum atomic E-state index is -0.527. The molecule has 0 spiro atoms. The lowest BCUT2D eigenvalue weighted by Crippen LogP contribution is -2.21. The summed E-state index contributed by atoms with van der Waals surface area (Å²) in [4.78, 5) is 29.5. The Labute approximate surface area is 174 Å². The van der Waals surface area contributed by atoms with Crippen LogP contribution in [0.25, 0.3) is 16.6 Å². The number of aromatic nitrogens is 2. The third-order valence-electron chi connectivity index (χ3n) is 4.27. The smallest absolute Gasteiger partial charge is 0.266 e. The molecule has 0 aliphatic carbocycles. The molecule has 8 heteroatoms. The van der Waals surface area contributed by atoms with Gasteiger partial charge in [0.15, 0.2) is 10.9 Å². The molecule has 0 saturated heterocycles. The molecule has 0 amide bonds. The molecule has 2 aromatic carbocycles. The van der Waals surface area contributed by atoms with Gasteiger partial charge in [0, 0.05) is 11.1 Å². The number of hydrogen-bond acceptors (Lipinski definition) is 6. The van der Waals surface area contributed by atoms with Crippen molar-refractivity contribution in [2.45, 2.75) is 17.8 Å². The Morgan fingerprint density at radius 1 is 1.17 bits per heavy atom. The Kier molecular flexibility index (Phi) is 5.17. The van der Waals surface area contributed by atoms with Gasteiger partial charge in [-0.3, -0.25) is 14.2 Å². The molecule has 4 aromatic rings. The van der Waals surface area contributed by atoms with Gasteiger partial charge >= 0.3 is 0 Å². The molecule has 29 heavy (non-hydrogen) atoms. The Bertz CT molecular complexity index is 1350. The fourth-order valence-corrected chi connectivity index (χ4v) is 3.95. The average Bonchev–Trinajstić information content (AvgIpc) is 2.68. The van der Waals surface area contributed by atoms with Crippen LogP contribution in [0.3, 0.4) is 0 Å². The van der Waals surface area contributed by atoms with Crippen molar-refractivity contribution < 1.29 is 9.52 Å². The summed E-state index contributed by atoms with van der Waals surface area (Å²) < 4.78 is 6.79. The van der Waals surface area contributed by atoms with Gasteiger partial charge in [-0.05, 0) is 42.8 Å². The van der Waals surface area contributed by atoms with Crippen LogP contribution < -0.4 is 11.0 Å². The van der Waals surface area contributed by atoms with Crippen molar-refractivity contribution in [2.75, 3.05) is 0 Å². The van der Waals surface area contributed by atoms with Crippen LogP contribution >= 0.6 is 23.4 Å². The third-order valence-corrected chi connectivity index (χ3v) is 5.47. The highest BCUT2D eigenvalue weighted by atomic mass is 35.5. The number of rotatable bonds is 4. The summed E-state index contributed by atoms with van der Waals surface area (Å²) >= 11 is 7.32. The minimum Gasteiger partial charge on any atom is -0.502 e. The number of fused-ring (bicyclic) bond motifs is 1. The summed E-state index contributed by atoms with van der Waals surface area (Å²) in [5, 5.41) is 10.7. The first-order chi connectivity index (χ1) is 13.9. The summed E-state index contributed by atoms with van der Waals surface area (Å²) in [7, 11) is 0. The van der Waals surface area contributed by atoms with Crippen molar-refractivity contribution in [2.24, 2.45) is 0 Å². The van der Waals surface area contributed by atoms with E-state index in [1.165, 1.54) is 22.4 Å². The van der Waals surface area contributed by atoms with Crippen LogP contribution in [0, 0.1) is 6.92 Å². The fourth-order valence-electron chi connectivity index (χ4n) is 2.89. The maximum absolute atomic E-state index is 13.2. The van der Waals surface area contributed by atoms with Gasteiger partial charge in [0.2, 0.25) is 5.43 Å². The van der Waals surface area contributed by atoms with Crippen molar-refractivity contribution in [3.8, 4) is 11.4 Å². The molecule has 146 valence electrons. The van der Waals surface area contributed by atoms with Crippen LogP contribution in [0.2, 0.25) is 5.02 Å². The van der Waals surface area contributed by atoms with E-state index >= 15 is 0 Å². The lowest BCUT2D eigenvalue weighted by Gasteiger charge is -2.13. The molecular weight excluding hydrogens is 412 g/mol. The Morgan fingerprint density at radius 2 is 2.00 bits per heavy atom. The fraction of sp³-hybridized carbons (Fsp3) is 0.0952. The number of nitrogens with zero attached hydrogens (tertiary/aromatic N) is 2. The van der Waals surface area contributed by atoms with E-state index in [4.69, 9.17) is 16.0 Å². The van der Waals surface area contributed by atoms with Gasteiger partial charge in [-0.15, -0.1) is 0 Å². The van der Waals surface area contributed by atoms with Crippen LogP contribution in [-0.4, -0.2) is 14.7 Å². The van der Waals surface area contributed by atoms with E-state index in [1.54, 1.807) is 18.2 Å². The van der Waals surface area contributed by atoms with Crippen LogP contribution in [0.1, 0.15) is 11.3 Å². The van der Waals surface area contributed by atoms with Gasteiger partial charge < -0.3 is 9.52 Å². The summed E-state index contributed by atoms with van der Waals surface area (Å²) in [5.74, 6) is 0.155. The summed E-state index contributed by atoms with van der Waals surface area (Å²) in [6, 6.07) is 13.7. The highest BCUT2D eigenvalue weighted by molar-refractivity contribution is 7.98. The zero-order valence-electron chi connectivity index (χ0n) is 15.3. The lowest BCUT2D eigenvalue weighted by atomic mass is 10.2. The molecule has 0 aliphatic rings. The van der Waals surface area contributed by atoms with Crippen LogP contribution in [-0.2, 0) is 5.75 Å². The topological polar surface area (TPSA) is 85.3 Å². The first kappa shape index (κ1) is 19.3. The van der Waals surface area contributed by atoms with E-state index in [1.807, 2.05) is 31.2 Å². The highest BCUT2D eigenvalue weighted by Crippen LogP contribution is 2.26. The van der Waals surface area contributed by atoms with E-state index in [0.29, 0.717) is 32.5 Å². The molecule has 1 N–H and O–H groups in total. The molecule has 0 unspecified atom stereocenters. The second kappa shape index (κ2) is 7.77. The van der Waals surface area contributed by atoms with Crippen molar-refractivity contribution in [3.05, 3.63) is 91.7 Å². The van der Waals surface area contributed by atoms with E-state index in [9.17, 15) is 14.7 Å². The molecule has 0 fully saturated rings. The van der Waals surface area contributed by atoms with Gasteiger partial charge in [0.05, 0.1) is 22.3 Å². The Balaban J connectivity index is 1.85. The third kappa shape index (κ3) is 3.92. The molecule has 4 rings (SSSR count). The largest absolute Gasteiger partial charge is 0.502 e. The number of benzene rings is 2. The number of aromatic hydroxyl groups is 1. The molecule has 2 aromatic heterocycles. The van der Waals surface area contributed by atoms with Gasteiger partial charge in [-0.1, -0.05) is 35.5 Å². The Hall–Kier alpha value is -3.03. The SMILES string of the molecule is Cc1cccc(-n2c(SCc3cc(=O)c(O)co3)nc3cc(Cl)ccc3c2=O)c1. The van der Waals surface area contributed by atoms with E-state index in [-0.39, 0.29) is 11.3 Å². The molecule has 0 saturated carbocycles.